The third-order valence-electron chi connectivity index (χ3n) is 3.91. The molecule has 0 aliphatic carbocycles. The minimum Gasteiger partial charge on any atom is -0.457 e. The number of hydrogen-bond donors (Lipinski definition) is 1. The van der Waals surface area contributed by atoms with Crippen molar-refractivity contribution in [1.82, 2.24) is 4.90 Å². The molecule has 0 spiro atoms. The summed E-state index contributed by atoms with van der Waals surface area (Å²) in [6.45, 7) is 0.967. The van der Waals surface area contributed by atoms with Crippen molar-refractivity contribution in [2.24, 2.45) is 0 Å². The molecule has 0 saturated carbocycles. The Hall–Kier alpha value is -2.47. The van der Waals surface area contributed by atoms with Crippen molar-refractivity contribution in [3.05, 3.63) is 59.7 Å². The number of halogens is 2. The molecule has 1 atom stereocenters. The molecular formula is C18H17F2NO3. The van der Waals surface area contributed by atoms with Gasteiger partial charge in [-0.3, -0.25) is 4.79 Å². The highest BCUT2D eigenvalue weighted by atomic mass is 19.2. The standard InChI is InChI=1S/C18H17F2NO3/c19-16-8-7-15(10-17(16)20)24-14-5-3-12(4-6-14)18(23)21-9-1-2-13(22)11-21/h3-8,10,13,22H,1-2,9,11H2. The normalized spacial score (nSPS) is 17.6. The average Bonchev–Trinajstić information content (AvgIpc) is 2.58. The number of aliphatic hydroxyl groups excluding tert-OH is 1. The molecule has 1 amide bonds. The summed E-state index contributed by atoms with van der Waals surface area (Å²) in [5, 5.41) is 9.65. The van der Waals surface area contributed by atoms with Crippen LogP contribution in [0.3, 0.4) is 0 Å². The summed E-state index contributed by atoms with van der Waals surface area (Å²) in [5.74, 6) is -1.48. The molecule has 24 heavy (non-hydrogen) atoms. The lowest BCUT2D eigenvalue weighted by molar-refractivity contribution is 0.0474. The highest BCUT2D eigenvalue weighted by Crippen LogP contribution is 2.24. The highest BCUT2D eigenvalue weighted by molar-refractivity contribution is 5.94. The Bertz CT molecular complexity index is 734. The molecule has 0 bridgehead atoms. The fourth-order valence-electron chi connectivity index (χ4n) is 2.66. The summed E-state index contributed by atoms with van der Waals surface area (Å²) >= 11 is 0. The molecule has 6 heteroatoms. The number of amides is 1. The molecule has 2 aromatic rings. The second-order valence-electron chi connectivity index (χ2n) is 5.75. The molecule has 1 unspecified atom stereocenters. The summed E-state index contributed by atoms with van der Waals surface area (Å²) in [4.78, 5) is 14.0. The van der Waals surface area contributed by atoms with Crippen LogP contribution in [0, 0.1) is 11.6 Å². The van der Waals surface area contributed by atoms with E-state index in [2.05, 4.69) is 0 Å². The maximum atomic E-state index is 13.2. The van der Waals surface area contributed by atoms with E-state index >= 15 is 0 Å². The third-order valence-corrected chi connectivity index (χ3v) is 3.91. The van der Waals surface area contributed by atoms with E-state index in [1.165, 1.54) is 6.07 Å². The van der Waals surface area contributed by atoms with Gasteiger partial charge < -0.3 is 14.7 Å². The number of carbonyl (C=O) groups is 1. The van der Waals surface area contributed by atoms with Gasteiger partial charge in [-0.25, -0.2) is 8.78 Å². The number of benzene rings is 2. The summed E-state index contributed by atoms with van der Waals surface area (Å²) < 4.78 is 31.5. The number of nitrogens with zero attached hydrogens (tertiary/aromatic N) is 1. The van der Waals surface area contributed by atoms with Gasteiger partial charge >= 0.3 is 0 Å². The van der Waals surface area contributed by atoms with Crippen LogP contribution in [0.25, 0.3) is 0 Å². The number of ether oxygens (including phenoxy) is 1. The maximum Gasteiger partial charge on any atom is 0.253 e. The van der Waals surface area contributed by atoms with Crippen LogP contribution in [0.5, 0.6) is 11.5 Å². The van der Waals surface area contributed by atoms with E-state index in [-0.39, 0.29) is 11.7 Å². The van der Waals surface area contributed by atoms with Crippen LogP contribution in [0.15, 0.2) is 42.5 Å². The first-order valence-corrected chi connectivity index (χ1v) is 7.73. The SMILES string of the molecule is O=C(c1ccc(Oc2ccc(F)c(F)c2)cc1)N1CCCC(O)C1. The lowest BCUT2D eigenvalue weighted by Crippen LogP contribution is -2.42. The molecule has 0 aromatic heterocycles. The van der Waals surface area contributed by atoms with Gasteiger partial charge in [-0.05, 0) is 49.2 Å². The van der Waals surface area contributed by atoms with Crippen molar-refractivity contribution in [3.63, 3.8) is 0 Å². The second-order valence-corrected chi connectivity index (χ2v) is 5.75. The van der Waals surface area contributed by atoms with Crippen molar-refractivity contribution in [2.75, 3.05) is 13.1 Å². The Labute approximate surface area is 138 Å². The second kappa shape index (κ2) is 6.97. The monoisotopic (exact) mass is 333 g/mol. The largest absolute Gasteiger partial charge is 0.457 e. The molecule has 1 heterocycles. The number of aliphatic hydroxyl groups is 1. The predicted octanol–water partition coefficient (Wildman–Crippen LogP) is 3.35. The Morgan fingerprint density at radius 3 is 2.46 bits per heavy atom. The maximum absolute atomic E-state index is 13.2. The van der Waals surface area contributed by atoms with Gasteiger partial charge in [-0.1, -0.05) is 0 Å². The Kier molecular flexibility index (Phi) is 4.76. The highest BCUT2D eigenvalue weighted by Gasteiger charge is 2.22. The Morgan fingerprint density at radius 2 is 1.79 bits per heavy atom. The topological polar surface area (TPSA) is 49.8 Å². The van der Waals surface area contributed by atoms with Gasteiger partial charge in [0.2, 0.25) is 0 Å². The first kappa shape index (κ1) is 16.4. The zero-order chi connectivity index (χ0) is 17.1. The quantitative estimate of drug-likeness (QED) is 0.937. The molecule has 1 fully saturated rings. The Balaban J connectivity index is 1.68. The summed E-state index contributed by atoms with van der Waals surface area (Å²) in [5.41, 5.74) is 0.488. The van der Waals surface area contributed by atoms with Crippen LogP contribution in [-0.2, 0) is 0 Å². The van der Waals surface area contributed by atoms with Gasteiger partial charge in [0.1, 0.15) is 11.5 Å². The molecule has 1 aliphatic rings. The molecule has 1 aliphatic heterocycles. The van der Waals surface area contributed by atoms with Gasteiger partial charge in [-0.2, -0.15) is 0 Å². The van der Waals surface area contributed by atoms with Gasteiger partial charge in [0.25, 0.3) is 5.91 Å². The van der Waals surface area contributed by atoms with E-state index in [0.717, 1.165) is 18.6 Å². The number of carbonyl (C=O) groups excluding carboxylic acids is 1. The zero-order valence-corrected chi connectivity index (χ0v) is 12.9. The van der Waals surface area contributed by atoms with E-state index < -0.39 is 17.7 Å². The predicted molar refractivity (Wildman–Crippen MR) is 84.0 cm³/mol. The molecule has 3 rings (SSSR count). The van der Waals surface area contributed by atoms with E-state index in [1.807, 2.05) is 0 Å². The third kappa shape index (κ3) is 3.71. The lowest BCUT2D eigenvalue weighted by Gasteiger charge is -2.30. The molecule has 1 saturated heterocycles. The summed E-state index contributed by atoms with van der Waals surface area (Å²) in [6.07, 6.45) is 1.02. The average molecular weight is 333 g/mol. The number of piperidine rings is 1. The fraction of sp³-hybridized carbons (Fsp3) is 0.278. The van der Waals surface area contributed by atoms with Crippen LogP contribution in [0.4, 0.5) is 8.78 Å². The van der Waals surface area contributed by atoms with Crippen LogP contribution < -0.4 is 4.74 Å². The van der Waals surface area contributed by atoms with Gasteiger partial charge in [0.15, 0.2) is 11.6 Å². The van der Waals surface area contributed by atoms with E-state index in [4.69, 9.17) is 4.74 Å². The summed E-state index contributed by atoms with van der Waals surface area (Å²) in [7, 11) is 0. The van der Waals surface area contributed by atoms with Crippen molar-refractivity contribution < 1.29 is 23.4 Å². The minimum atomic E-state index is -0.983. The zero-order valence-electron chi connectivity index (χ0n) is 12.9. The van der Waals surface area contributed by atoms with Gasteiger partial charge in [0.05, 0.1) is 6.10 Å². The van der Waals surface area contributed by atoms with Crippen molar-refractivity contribution in [1.29, 1.82) is 0 Å². The van der Waals surface area contributed by atoms with Crippen molar-refractivity contribution in [2.45, 2.75) is 18.9 Å². The number of likely N-dealkylation sites (tertiary alicyclic amines) is 1. The van der Waals surface area contributed by atoms with E-state index in [1.54, 1.807) is 29.2 Å². The smallest absolute Gasteiger partial charge is 0.253 e. The van der Waals surface area contributed by atoms with Crippen LogP contribution in [0.2, 0.25) is 0 Å². The van der Waals surface area contributed by atoms with E-state index in [9.17, 15) is 18.7 Å². The van der Waals surface area contributed by atoms with E-state index in [0.29, 0.717) is 30.8 Å². The minimum absolute atomic E-state index is 0.145. The Morgan fingerprint density at radius 1 is 1.08 bits per heavy atom. The first-order chi connectivity index (χ1) is 11.5. The molecule has 0 radical (unpaired) electrons. The number of hydrogen-bond acceptors (Lipinski definition) is 3. The van der Waals surface area contributed by atoms with Crippen molar-refractivity contribution in [3.8, 4) is 11.5 Å². The van der Waals surface area contributed by atoms with Crippen LogP contribution in [-0.4, -0.2) is 35.1 Å². The summed E-state index contributed by atoms with van der Waals surface area (Å²) in [6, 6.07) is 9.68. The van der Waals surface area contributed by atoms with Gasteiger partial charge in [0, 0.05) is 24.7 Å². The molecular weight excluding hydrogens is 316 g/mol. The first-order valence-electron chi connectivity index (χ1n) is 7.73. The molecule has 2 aromatic carbocycles. The lowest BCUT2D eigenvalue weighted by atomic mass is 10.1. The van der Waals surface area contributed by atoms with Crippen LogP contribution in [0.1, 0.15) is 23.2 Å². The van der Waals surface area contributed by atoms with Crippen LogP contribution >= 0.6 is 0 Å². The number of rotatable bonds is 3. The molecule has 1 N–H and O–H groups in total. The molecule has 4 nitrogen and oxygen atoms in total. The number of β-amino-alcohol motifs (C(OH)–C–C–N with tert-alkyl or cyclic N) is 1. The van der Waals surface area contributed by atoms with Gasteiger partial charge in [-0.15, -0.1) is 0 Å². The van der Waals surface area contributed by atoms with Crippen molar-refractivity contribution >= 4 is 5.91 Å². The fourth-order valence-corrected chi connectivity index (χ4v) is 2.66. The molecule has 126 valence electrons.